The van der Waals surface area contributed by atoms with Crippen molar-refractivity contribution in [3.05, 3.63) is 29.2 Å². The molecule has 4 rings (SSSR count). The fourth-order valence-corrected chi connectivity index (χ4v) is 4.84. The first kappa shape index (κ1) is 18.5. The molecule has 1 fully saturated rings. The second-order valence-corrected chi connectivity index (χ2v) is 8.04. The van der Waals surface area contributed by atoms with Gasteiger partial charge in [0.15, 0.2) is 17.3 Å². The Bertz CT molecular complexity index is 907. The second kappa shape index (κ2) is 7.64. The van der Waals surface area contributed by atoms with E-state index in [4.69, 9.17) is 27.4 Å². The first-order valence-electron chi connectivity index (χ1n) is 8.59. The highest BCUT2D eigenvalue weighted by molar-refractivity contribution is 8.00. The normalized spacial score (nSPS) is 23.1. The first-order valence-corrected chi connectivity index (χ1v) is 9.94. The van der Waals surface area contributed by atoms with Crippen molar-refractivity contribution in [3.8, 4) is 17.2 Å². The van der Waals surface area contributed by atoms with Gasteiger partial charge in [-0.15, -0.1) is 11.8 Å². The van der Waals surface area contributed by atoms with Crippen molar-refractivity contribution < 1.29 is 19.7 Å². The molecule has 1 unspecified atom stereocenters. The van der Waals surface area contributed by atoms with E-state index in [0.29, 0.717) is 53.1 Å². The molecule has 0 amide bonds. The van der Waals surface area contributed by atoms with Crippen molar-refractivity contribution in [1.29, 1.82) is 0 Å². The third kappa shape index (κ3) is 3.50. The molecule has 0 aliphatic carbocycles. The van der Waals surface area contributed by atoms with Gasteiger partial charge >= 0.3 is 0 Å². The number of hydrogen-bond acceptors (Lipinski definition) is 9. The lowest BCUT2D eigenvalue weighted by Gasteiger charge is -2.24. The Labute approximate surface area is 165 Å². The van der Waals surface area contributed by atoms with Gasteiger partial charge in [-0.3, -0.25) is 0 Å². The minimum absolute atomic E-state index is 0.0783. The zero-order valence-corrected chi connectivity index (χ0v) is 16.0. The summed E-state index contributed by atoms with van der Waals surface area (Å²) in [5.74, 6) is 2.30. The second-order valence-electron chi connectivity index (χ2n) is 6.25. The summed E-state index contributed by atoms with van der Waals surface area (Å²) in [5.41, 5.74) is 6.20. The molecule has 1 aromatic carbocycles. The van der Waals surface area contributed by atoms with Gasteiger partial charge in [-0.05, 0) is 24.4 Å². The molecule has 0 spiro atoms. The quantitative estimate of drug-likeness (QED) is 0.471. The molecule has 2 aromatic rings. The smallest absolute Gasteiger partial charge is 0.202 e. The summed E-state index contributed by atoms with van der Waals surface area (Å²) in [6.45, 7) is 0.729. The molecule has 5 N–H and O–H groups in total. The van der Waals surface area contributed by atoms with Crippen LogP contribution in [-0.2, 0) is 0 Å². The number of para-hydroxylation sites is 1. The van der Waals surface area contributed by atoms with E-state index in [-0.39, 0.29) is 17.2 Å². The zero-order valence-electron chi connectivity index (χ0n) is 14.4. The summed E-state index contributed by atoms with van der Waals surface area (Å²) < 4.78 is 13.8. The number of thioether (sulfide) groups is 1. The maximum atomic E-state index is 10.1. The molecule has 3 atom stereocenters. The molecule has 27 heavy (non-hydrogen) atoms. The maximum absolute atomic E-state index is 10.1. The number of nitrogens with two attached hydrogens (primary N) is 1. The molecule has 3 heterocycles. The van der Waals surface area contributed by atoms with Crippen LogP contribution in [0.1, 0.15) is 11.8 Å². The largest absolute Gasteiger partial charge is 0.490 e. The number of aliphatic hydroxyl groups is 2. The first-order chi connectivity index (χ1) is 13.1. The van der Waals surface area contributed by atoms with Crippen LogP contribution in [0.25, 0.3) is 0 Å². The van der Waals surface area contributed by atoms with Crippen LogP contribution in [0.15, 0.2) is 24.4 Å². The van der Waals surface area contributed by atoms with Gasteiger partial charge < -0.3 is 35.3 Å². The standard InChI is InChI=1S/C17H20N4O4S2/c18-4-5-24-10-2-1-3-11-15(10)19-16-12(25-11)7-21(17(26)20-16)14-6-9(23)13(8-22)27-14/h1-3,7,9,13-14,22-23H,4-6,8,18H2,(H,19,20,26)/t9?,13-,14-/m1/s1. The van der Waals surface area contributed by atoms with Gasteiger partial charge in [0.2, 0.25) is 4.77 Å². The van der Waals surface area contributed by atoms with Crippen molar-refractivity contribution in [2.24, 2.45) is 5.73 Å². The highest BCUT2D eigenvalue weighted by Crippen LogP contribution is 2.47. The molecule has 0 bridgehead atoms. The van der Waals surface area contributed by atoms with E-state index in [9.17, 15) is 10.2 Å². The summed E-state index contributed by atoms with van der Waals surface area (Å²) in [6.07, 6.45) is 1.70. The van der Waals surface area contributed by atoms with Crippen LogP contribution in [-0.4, -0.2) is 50.9 Å². The fraction of sp³-hybridized carbons (Fsp3) is 0.412. The number of aliphatic hydroxyl groups excluding tert-OH is 2. The van der Waals surface area contributed by atoms with Crippen LogP contribution in [0.4, 0.5) is 11.5 Å². The van der Waals surface area contributed by atoms with E-state index < -0.39 is 6.10 Å². The van der Waals surface area contributed by atoms with Crippen molar-refractivity contribution in [3.63, 3.8) is 0 Å². The Hall–Kier alpha value is -1.85. The van der Waals surface area contributed by atoms with Gasteiger partial charge in [0.05, 0.1) is 29.5 Å². The van der Waals surface area contributed by atoms with Crippen LogP contribution in [0.3, 0.4) is 0 Å². The highest BCUT2D eigenvalue weighted by atomic mass is 32.2. The van der Waals surface area contributed by atoms with Gasteiger partial charge in [0.25, 0.3) is 0 Å². The number of ether oxygens (including phenoxy) is 2. The monoisotopic (exact) mass is 408 g/mol. The van der Waals surface area contributed by atoms with Gasteiger partial charge in [-0.2, -0.15) is 4.98 Å². The topological polar surface area (TPSA) is 115 Å². The average molecular weight is 409 g/mol. The fourth-order valence-electron chi connectivity index (χ4n) is 3.12. The third-order valence-corrected chi connectivity index (χ3v) is 6.29. The van der Waals surface area contributed by atoms with E-state index in [2.05, 4.69) is 10.3 Å². The molecule has 1 aromatic heterocycles. The molecule has 2 aliphatic heterocycles. The predicted octanol–water partition coefficient (Wildman–Crippen LogP) is 2.16. The van der Waals surface area contributed by atoms with Crippen LogP contribution >= 0.6 is 24.0 Å². The van der Waals surface area contributed by atoms with Crippen LogP contribution in [0.5, 0.6) is 17.2 Å². The predicted molar refractivity (Wildman–Crippen MR) is 106 cm³/mol. The van der Waals surface area contributed by atoms with E-state index in [1.54, 1.807) is 10.8 Å². The number of benzene rings is 1. The van der Waals surface area contributed by atoms with Crippen molar-refractivity contribution in [2.75, 3.05) is 25.1 Å². The lowest BCUT2D eigenvalue weighted by molar-refractivity contribution is 0.137. The number of aromatic nitrogens is 2. The Morgan fingerprint density at radius 2 is 2.30 bits per heavy atom. The molecule has 2 aliphatic rings. The minimum atomic E-state index is -0.579. The molecular weight excluding hydrogens is 388 g/mol. The van der Waals surface area contributed by atoms with Gasteiger partial charge in [-0.25, -0.2) is 0 Å². The molecule has 0 saturated carbocycles. The van der Waals surface area contributed by atoms with Crippen molar-refractivity contribution >= 4 is 35.5 Å². The van der Waals surface area contributed by atoms with Gasteiger partial charge in [0.1, 0.15) is 18.0 Å². The number of nitrogens with one attached hydrogen (secondary N) is 1. The average Bonchev–Trinajstić information content (AvgIpc) is 3.04. The lowest BCUT2D eigenvalue weighted by atomic mass is 10.2. The summed E-state index contributed by atoms with van der Waals surface area (Å²) in [6, 6.07) is 5.51. The van der Waals surface area contributed by atoms with E-state index in [1.807, 2.05) is 18.2 Å². The van der Waals surface area contributed by atoms with Gasteiger partial charge in [-0.1, -0.05) is 6.07 Å². The molecule has 144 valence electrons. The molecule has 10 heteroatoms. The van der Waals surface area contributed by atoms with Crippen LogP contribution in [0.2, 0.25) is 0 Å². The Balaban J connectivity index is 1.64. The lowest BCUT2D eigenvalue weighted by Crippen LogP contribution is -2.20. The van der Waals surface area contributed by atoms with Crippen LogP contribution in [0, 0.1) is 4.77 Å². The minimum Gasteiger partial charge on any atom is -0.490 e. The third-order valence-electron chi connectivity index (χ3n) is 4.44. The summed E-state index contributed by atoms with van der Waals surface area (Å²) in [5, 5.41) is 22.3. The summed E-state index contributed by atoms with van der Waals surface area (Å²) in [7, 11) is 0. The molecule has 8 nitrogen and oxygen atoms in total. The van der Waals surface area contributed by atoms with Gasteiger partial charge in [0, 0.05) is 13.0 Å². The van der Waals surface area contributed by atoms with E-state index in [0.717, 1.165) is 0 Å². The molecular formula is C17H20N4O4S2. The Morgan fingerprint density at radius 3 is 3.04 bits per heavy atom. The highest BCUT2D eigenvalue weighted by Gasteiger charge is 2.35. The Morgan fingerprint density at radius 1 is 1.44 bits per heavy atom. The maximum Gasteiger partial charge on any atom is 0.202 e. The van der Waals surface area contributed by atoms with E-state index >= 15 is 0 Å². The number of fused-ring (bicyclic) bond motifs is 2. The molecule has 0 radical (unpaired) electrons. The number of anilines is 2. The van der Waals surface area contributed by atoms with E-state index in [1.165, 1.54) is 11.8 Å². The zero-order chi connectivity index (χ0) is 19.0. The Kier molecular flexibility index (Phi) is 5.24. The van der Waals surface area contributed by atoms with Crippen molar-refractivity contribution in [1.82, 2.24) is 9.55 Å². The number of hydrogen-bond donors (Lipinski definition) is 4. The summed E-state index contributed by atoms with van der Waals surface area (Å²) >= 11 is 6.92. The SMILES string of the molecule is NCCOc1cccc2c1Nc1nc(=S)n([C@H]3CC(O)[C@@H](CO)S3)cc1O2. The van der Waals surface area contributed by atoms with Crippen molar-refractivity contribution in [2.45, 2.75) is 23.1 Å². The summed E-state index contributed by atoms with van der Waals surface area (Å²) in [4.78, 5) is 4.46. The molecule has 1 saturated heterocycles. The van der Waals surface area contributed by atoms with Crippen LogP contribution < -0.4 is 20.5 Å². The number of rotatable bonds is 5. The number of nitrogens with zero attached hydrogens (tertiary/aromatic N) is 2.